The molecular formula is C13H15ClFN6O6P. The SMILES string of the molecule is C[C@H](NP1(=O)OC[C@H]2O[C@@H](n3cnc4c(N)nc(Cl)nc43)[C@@H](F)[C@@H]2O1)C(=O)O. The Hall–Kier alpha value is -1.89. The van der Waals surface area contributed by atoms with Crippen molar-refractivity contribution in [1.82, 2.24) is 24.6 Å². The van der Waals surface area contributed by atoms with Gasteiger partial charge in [-0.25, -0.2) is 19.0 Å². The zero-order valence-corrected chi connectivity index (χ0v) is 15.9. The van der Waals surface area contributed by atoms with Gasteiger partial charge in [0.15, 0.2) is 23.9 Å². The van der Waals surface area contributed by atoms with Crippen LogP contribution in [0.5, 0.6) is 0 Å². The number of nitrogens with one attached hydrogen (secondary N) is 1. The Labute approximate surface area is 161 Å². The number of hydrogen-bond donors (Lipinski definition) is 3. The highest BCUT2D eigenvalue weighted by molar-refractivity contribution is 7.51. The Kier molecular flexibility index (Phi) is 4.76. The lowest BCUT2D eigenvalue weighted by molar-refractivity contribution is -0.138. The normalized spacial score (nSPS) is 33.7. The Morgan fingerprint density at radius 2 is 2.32 bits per heavy atom. The first-order valence-corrected chi connectivity index (χ1v) is 9.99. The highest BCUT2D eigenvalue weighted by Crippen LogP contribution is 2.53. The van der Waals surface area contributed by atoms with Gasteiger partial charge in [-0.3, -0.25) is 18.4 Å². The number of carboxylic acids is 1. The first kappa shape index (κ1) is 19.4. The van der Waals surface area contributed by atoms with Gasteiger partial charge < -0.3 is 15.6 Å². The molecule has 12 nitrogen and oxygen atoms in total. The van der Waals surface area contributed by atoms with Gasteiger partial charge in [0.2, 0.25) is 5.28 Å². The van der Waals surface area contributed by atoms with E-state index in [9.17, 15) is 9.36 Å². The summed E-state index contributed by atoms with van der Waals surface area (Å²) in [5.74, 6) is -1.24. The zero-order chi connectivity index (χ0) is 20.2. The molecule has 0 radical (unpaired) electrons. The number of fused-ring (bicyclic) bond motifs is 2. The maximum Gasteiger partial charge on any atom is 0.406 e. The number of alkyl halides is 1. The number of anilines is 1. The van der Waals surface area contributed by atoms with E-state index in [1.165, 1.54) is 17.8 Å². The standard InChI is InChI=1S/C13H15ClFN6O6P/c1-4(12(22)23)20-28(24)25-2-5-8(27-28)6(15)11(26-5)21-3-17-7-9(16)18-13(14)19-10(7)21/h3-6,8,11H,2H2,1H3,(H,20,24)(H,22,23)(H2,16,18,19)/t4-,5+,6-,8+,11+,28?/m0/s1. The van der Waals surface area contributed by atoms with Gasteiger partial charge in [-0.15, -0.1) is 0 Å². The molecule has 6 atom stereocenters. The molecule has 28 heavy (non-hydrogen) atoms. The van der Waals surface area contributed by atoms with Gasteiger partial charge in [-0.05, 0) is 18.5 Å². The molecule has 2 aromatic rings. The molecule has 0 aliphatic carbocycles. The Morgan fingerprint density at radius 1 is 1.57 bits per heavy atom. The minimum atomic E-state index is -4.04. The molecule has 4 N–H and O–H groups in total. The fraction of sp³-hybridized carbons (Fsp3) is 0.538. The number of carboxylic acid groups (broad SMARTS) is 1. The van der Waals surface area contributed by atoms with E-state index in [1.54, 1.807) is 0 Å². The van der Waals surface area contributed by atoms with Crippen LogP contribution in [0.2, 0.25) is 5.28 Å². The molecule has 0 spiro atoms. The molecule has 2 aliphatic rings. The third-order valence-electron chi connectivity index (χ3n) is 4.35. The quantitative estimate of drug-likeness (QED) is 0.460. The lowest BCUT2D eigenvalue weighted by Gasteiger charge is -2.32. The summed E-state index contributed by atoms with van der Waals surface area (Å²) in [6.07, 6.45) is -3.87. The average molecular weight is 437 g/mol. The van der Waals surface area contributed by atoms with Gasteiger partial charge in [-0.1, -0.05) is 0 Å². The van der Waals surface area contributed by atoms with E-state index in [0.29, 0.717) is 0 Å². The van der Waals surface area contributed by atoms with Crippen LogP contribution in [-0.4, -0.2) is 61.6 Å². The van der Waals surface area contributed by atoms with E-state index >= 15 is 4.39 Å². The number of carbonyl (C=O) groups is 1. The van der Waals surface area contributed by atoms with Crippen LogP contribution in [0.3, 0.4) is 0 Å². The molecule has 4 heterocycles. The van der Waals surface area contributed by atoms with Crippen molar-refractivity contribution in [3.05, 3.63) is 11.6 Å². The summed E-state index contributed by atoms with van der Waals surface area (Å²) in [6.45, 7) is 0.996. The summed E-state index contributed by atoms with van der Waals surface area (Å²) in [4.78, 5) is 22.8. The van der Waals surface area contributed by atoms with Crippen LogP contribution in [0.1, 0.15) is 13.2 Å². The van der Waals surface area contributed by atoms with Gasteiger partial charge >= 0.3 is 13.7 Å². The van der Waals surface area contributed by atoms with E-state index in [4.69, 9.17) is 36.2 Å². The number of rotatable bonds is 4. The van der Waals surface area contributed by atoms with Crippen LogP contribution in [0.4, 0.5) is 10.2 Å². The van der Waals surface area contributed by atoms with Crippen LogP contribution < -0.4 is 10.8 Å². The molecule has 2 fully saturated rings. The summed E-state index contributed by atoms with van der Waals surface area (Å²) < 4.78 is 45.0. The average Bonchev–Trinajstić information content (AvgIpc) is 3.16. The van der Waals surface area contributed by atoms with Crippen molar-refractivity contribution in [3.63, 3.8) is 0 Å². The molecule has 15 heteroatoms. The summed E-state index contributed by atoms with van der Waals surface area (Å²) in [5, 5.41) is 11.0. The van der Waals surface area contributed by atoms with E-state index in [1.807, 2.05) is 0 Å². The second-order valence-corrected chi connectivity index (χ2v) is 8.32. The van der Waals surface area contributed by atoms with Gasteiger partial charge in [0.05, 0.1) is 12.9 Å². The highest BCUT2D eigenvalue weighted by Gasteiger charge is 2.54. The molecule has 2 aliphatic heterocycles. The monoisotopic (exact) mass is 436 g/mol. The predicted molar refractivity (Wildman–Crippen MR) is 92.2 cm³/mol. The van der Waals surface area contributed by atoms with Crippen LogP contribution in [0, 0.1) is 0 Å². The van der Waals surface area contributed by atoms with Gasteiger partial charge in [0, 0.05) is 0 Å². The summed E-state index contributed by atoms with van der Waals surface area (Å²) >= 11 is 5.81. The molecular weight excluding hydrogens is 422 g/mol. The van der Waals surface area contributed by atoms with Crippen molar-refractivity contribution >= 4 is 42.3 Å². The molecule has 0 amide bonds. The maximum atomic E-state index is 15.1. The summed E-state index contributed by atoms with van der Waals surface area (Å²) in [6, 6.07) is -1.22. The van der Waals surface area contributed by atoms with E-state index in [0.717, 1.165) is 0 Å². The smallest absolute Gasteiger partial charge is 0.406 e. The number of ether oxygens (including phenoxy) is 1. The second kappa shape index (κ2) is 6.87. The molecule has 1 unspecified atom stereocenters. The van der Waals surface area contributed by atoms with Crippen molar-refractivity contribution in [2.75, 3.05) is 12.3 Å². The molecule has 0 aromatic carbocycles. The van der Waals surface area contributed by atoms with Crippen LogP contribution in [-0.2, 0) is 23.1 Å². The Balaban J connectivity index is 1.60. The Morgan fingerprint density at radius 3 is 3.04 bits per heavy atom. The minimum absolute atomic E-state index is 0.0236. The topological polar surface area (TPSA) is 164 Å². The number of imidazole rings is 1. The highest BCUT2D eigenvalue weighted by atomic mass is 35.5. The number of nitrogens with zero attached hydrogens (tertiary/aromatic N) is 4. The second-order valence-electron chi connectivity index (χ2n) is 6.26. The molecule has 0 bridgehead atoms. The molecule has 2 aromatic heterocycles. The summed E-state index contributed by atoms with van der Waals surface area (Å²) in [5.41, 5.74) is 6.12. The van der Waals surface area contributed by atoms with E-state index < -0.39 is 44.4 Å². The van der Waals surface area contributed by atoms with Crippen molar-refractivity contribution in [2.24, 2.45) is 0 Å². The zero-order valence-electron chi connectivity index (χ0n) is 14.2. The van der Waals surface area contributed by atoms with Crippen molar-refractivity contribution in [2.45, 2.75) is 37.6 Å². The van der Waals surface area contributed by atoms with E-state index in [2.05, 4.69) is 20.0 Å². The van der Waals surface area contributed by atoms with Crippen LogP contribution in [0.25, 0.3) is 11.2 Å². The van der Waals surface area contributed by atoms with Crippen molar-refractivity contribution < 1.29 is 32.6 Å². The number of aliphatic carboxylic acids is 1. The number of aromatic nitrogens is 4. The fourth-order valence-electron chi connectivity index (χ4n) is 3.00. The lowest BCUT2D eigenvalue weighted by atomic mass is 10.1. The van der Waals surface area contributed by atoms with Crippen molar-refractivity contribution in [3.8, 4) is 0 Å². The molecule has 152 valence electrons. The number of nitrogens with two attached hydrogens (primary N) is 1. The fourth-order valence-corrected chi connectivity index (χ4v) is 4.87. The first-order chi connectivity index (χ1) is 13.2. The van der Waals surface area contributed by atoms with Crippen LogP contribution >= 0.6 is 19.3 Å². The Bertz CT molecular complexity index is 992. The van der Waals surface area contributed by atoms with Gasteiger partial charge in [0.1, 0.15) is 23.8 Å². The van der Waals surface area contributed by atoms with Gasteiger partial charge in [0.25, 0.3) is 0 Å². The molecule has 0 saturated carbocycles. The van der Waals surface area contributed by atoms with Crippen LogP contribution in [0.15, 0.2) is 6.33 Å². The van der Waals surface area contributed by atoms with E-state index in [-0.39, 0.29) is 28.9 Å². The lowest BCUT2D eigenvalue weighted by Crippen LogP contribution is -2.42. The molecule has 2 saturated heterocycles. The maximum absolute atomic E-state index is 15.1. The molecule has 4 rings (SSSR count). The largest absolute Gasteiger partial charge is 0.480 e. The summed E-state index contributed by atoms with van der Waals surface area (Å²) in [7, 11) is -4.04. The van der Waals surface area contributed by atoms with Crippen molar-refractivity contribution in [1.29, 1.82) is 0 Å². The third kappa shape index (κ3) is 3.23. The minimum Gasteiger partial charge on any atom is -0.480 e. The third-order valence-corrected chi connectivity index (χ3v) is 6.24. The number of hydrogen-bond acceptors (Lipinski definition) is 9. The number of halogens is 2. The predicted octanol–water partition coefficient (Wildman–Crippen LogP) is 0.884. The van der Waals surface area contributed by atoms with Gasteiger partial charge in [-0.2, -0.15) is 9.97 Å². The number of nitrogen functional groups attached to an aromatic ring is 1. The first-order valence-electron chi connectivity index (χ1n) is 8.07.